The fourth-order valence-electron chi connectivity index (χ4n) is 1.21. The minimum atomic E-state index is -0.148. The maximum atomic E-state index is 12.9. The van der Waals surface area contributed by atoms with Crippen LogP contribution >= 0.6 is 0 Å². The van der Waals surface area contributed by atoms with Gasteiger partial charge in [0, 0.05) is 6.54 Å². The molecule has 1 aromatic rings. The maximum absolute atomic E-state index is 12.9. The molecule has 13 heavy (non-hydrogen) atoms. The van der Waals surface area contributed by atoms with Gasteiger partial charge in [-0.05, 0) is 43.8 Å². The Bertz CT molecular complexity index is 283. The number of rotatable bonds is 3. The van der Waals surface area contributed by atoms with E-state index in [1.54, 1.807) is 6.07 Å². The predicted molar refractivity (Wildman–Crippen MR) is 53.1 cm³/mol. The summed E-state index contributed by atoms with van der Waals surface area (Å²) in [4.78, 5) is 2.15. The first kappa shape index (κ1) is 10.2. The van der Waals surface area contributed by atoms with Gasteiger partial charge in [0.25, 0.3) is 0 Å². The summed E-state index contributed by atoms with van der Waals surface area (Å²) in [5.74, 6) is -0.148. The van der Waals surface area contributed by atoms with Gasteiger partial charge in [-0.3, -0.25) is 0 Å². The van der Waals surface area contributed by atoms with Crippen LogP contribution in [-0.2, 0) is 6.54 Å². The molecule has 0 amide bonds. The Balaban J connectivity index is 2.81. The van der Waals surface area contributed by atoms with Gasteiger partial charge in [-0.25, -0.2) is 4.39 Å². The molecular weight excluding hydrogens is 165 g/mol. The molecule has 0 bridgehead atoms. The molecule has 0 aliphatic carbocycles. The van der Waals surface area contributed by atoms with Crippen molar-refractivity contribution in [2.45, 2.75) is 20.4 Å². The molecule has 0 heterocycles. The Labute approximate surface area is 79.2 Å². The molecule has 0 fully saturated rings. The molecule has 1 nitrogen and oxygen atoms in total. The molecule has 1 aromatic carbocycles. The standard InChI is InChI=1S/C11H16FN/c1-4-13(3)8-10-7-11(12)6-5-9(10)2/h5-7H,4,8H2,1-3H3. The van der Waals surface area contributed by atoms with Crippen LogP contribution in [0.3, 0.4) is 0 Å². The van der Waals surface area contributed by atoms with E-state index in [9.17, 15) is 4.39 Å². The Morgan fingerprint density at radius 3 is 2.69 bits per heavy atom. The second kappa shape index (κ2) is 4.38. The Morgan fingerprint density at radius 2 is 2.08 bits per heavy atom. The minimum absolute atomic E-state index is 0.148. The molecule has 0 saturated heterocycles. The lowest BCUT2D eigenvalue weighted by Gasteiger charge is -2.15. The lowest BCUT2D eigenvalue weighted by atomic mass is 10.1. The van der Waals surface area contributed by atoms with E-state index in [1.165, 1.54) is 6.07 Å². The number of nitrogens with zero attached hydrogens (tertiary/aromatic N) is 1. The molecule has 0 radical (unpaired) electrons. The first-order chi connectivity index (χ1) is 6.13. The van der Waals surface area contributed by atoms with Gasteiger partial charge in [0.1, 0.15) is 5.82 Å². The Hall–Kier alpha value is -0.890. The minimum Gasteiger partial charge on any atom is -0.302 e. The molecule has 0 unspecified atom stereocenters. The summed E-state index contributed by atoms with van der Waals surface area (Å²) in [6, 6.07) is 4.94. The van der Waals surface area contributed by atoms with Crippen molar-refractivity contribution in [3.05, 3.63) is 35.1 Å². The first-order valence-corrected chi connectivity index (χ1v) is 4.57. The van der Waals surface area contributed by atoms with Gasteiger partial charge in [-0.15, -0.1) is 0 Å². The molecule has 72 valence electrons. The number of benzene rings is 1. The van der Waals surface area contributed by atoms with Crippen molar-refractivity contribution in [2.75, 3.05) is 13.6 Å². The van der Waals surface area contributed by atoms with Crippen molar-refractivity contribution in [1.29, 1.82) is 0 Å². The van der Waals surface area contributed by atoms with Gasteiger partial charge in [0.05, 0.1) is 0 Å². The lowest BCUT2D eigenvalue weighted by molar-refractivity contribution is 0.344. The second-order valence-corrected chi connectivity index (χ2v) is 3.40. The second-order valence-electron chi connectivity index (χ2n) is 3.40. The summed E-state index contributed by atoms with van der Waals surface area (Å²) in [5, 5.41) is 0. The normalized spacial score (nSPS) is 10.8. The highest BCUT2D eigenvalue weighted by atomic mass is 19.1. The molecule has 0 saturated carbocycles. The summed E-state index contributed by atoms with van der Waals surface area (Å²) in [6.07, 6.45) is 0. The third kappa shape index (κ3) is 2.81. The summed E-state index contributed by atoms with van der Waals surface area (Å²) >= 11 is 0. The van der Waals surface area contributed by atoms with Crippen LogP contribution in [0.25, 0.3) is 0 Å². The van der Waals surface area contributed by atoms with Crippen molar-refractivity contribution in [2.24, 2.45) is 0 Å². The van der Waals surface area contributed by atoms with Crippen LogP contribution in [0.4, 0.5) is 4.39 Å². The highest BCUT2D eigenvalue weighted by molar-refractivity contribution is 5.26. The third-order valence-electron chi connectivity index (χ3n) is 2.29. The van der Waals surface area contributed by atoms with Crippen molar-refractivity contribution in [3.63, 3.8) is 0 Å². The smallest absolute Gasteiger partial charge is 0.123 e. The number of hydrogen-bond acceptors (Lipinski definition) is 1. The molecule has 0 aliphatic rings. The average molecular weight is 181 g/mol. The van der Waals surface area contributed by atoms with Crippen LogP contribution in [0, 0.1) is 12.7 Å². The van der Waals surface area contributed by atoms with Crippen LogP contribution in [0.2, 0.25) is 0 Å². The summed E-state index contributed by atoms with van der Waals surface area (Å²) < 4.78 is 12.9. The molecule has 0 atom stereocenters. The van der Waals surface area contributed by atoms with E-state index < -0.39 is 0 Å². The van der Waals surface area contributed by atoms with Crippen LogP contribution in [-0.4, -0.2) is 18.5 Å². The molecule has 2 heteroatoms. The molecule has 0 aliphatic heterocycles. The highest BCUT2D eigenvalue weighted by Gasteiger charge is 2.02. The zero-order valence-corrected chi connectivity index (χ0v) is 8.47. The SMILES string of the molecule is CCN(C)Cc1cc(F)ccc1C. The summed E-state index contributed by atoms with van der Waals surface area (Å²) in [5.41, 5.74) is 2.23. The molecule has 0 spiro atoms. The average Bonchev–Trinajstić information content (AvgIpc) is 2.11. The molecule has 0 aromatic heterocycles. The summed E-state index contributed by atoms with van der Waals surface area (Å²) in [6.45, 7) is 5.91. The zero-order valence-electron chi connectivity index (χ0n) is 8.47. The lowest BCUT2D eigenvalue weighted by Crippen LogP contribution is -2.17. The van der Waals surface area contributed by atoms with Crippen molar-refractivity contribution in [3.8, 4) is 0 Å². The fraction of sp³-hybridized carbons (Fsp3) is 0.455. The van der Waals surface area contributed by atoms with Gasteiger partial charge in [0.15, 0.2) is 0 Å². The van der Waals surface area contributed by atoms with Gasteiger partial charge in [0.2, 0.25) is 0 Å². The van der Waals surface area contributed by atoms with Gasteiger partial charge in [-0.2, -0.15) is 0 Å². The molecule has 0 N–H and O–H groups in total. The molecule has 1 rings (SSSR count). The fourth-order valence-corrected chi connectivity index (χ4v) is 1.21. The first-order valence-electron chi connectivity index (χ1n) is 4.57. The van der Waals surface area contributed by atoms with E-state index in [2.05, 4.69) is 11.8 Å². The van der Waals surface area contributed by atoms with Gasteiger partial charge in [-0.1, -0.05) is 13.0 Å². The van der Waals surface area contributed by atoms with E-state index in [0.29, 0.717) is 0 Å². The van der Waals surface area contributed by atoms with E-state index in [0.717, 1.165) is 24.2 Å². The zero-order chi connectivity index (χ0) is 9.84. The third-order valence-corrected chi connectivity index (χ3v) is 2.29. The Kier molecular flexibility index (Phi) is 3.43. The monoisotopic (exact) mass is 181 g/mol. The molecular formula is C11H16FN. The van der Waals surface area contributed by atoms with Gasteiger partial charge >= 0.3 is 0 Å². The van der Waals surface area contributed by atoms with E-state index in [4.69, 9.17) is 0 Å². The van der Waals surface area contributed by atoms with E-state index in [-0.39, 0.29) is 5.82 Å². The maximum Gasteiger partial charge on any atom is 0.123 e. The van der Waals surface area contributed by atoms with Crippen LogP contribution in [0.15, 0.2) is 18.2 Å². The predicted octanol–water partition coefficient (Wildman–Crippen LogP) is 2.59. The number of halogens is 1. The van der Waals surface area contributed by atoms with Crippen LogP contribution < -0.4 is 0 Å². The largest absolute Gasteiger partial charge is 0.302 e. The van der Waals surface area contributed by atoms with Crippen molar-refractivity contribution >= 4 is 0 Å². The van der Waals surface area contributed by atoms with Crippen LogP contribution in [0.1, 0.15) is 18.1 Å². The number of hydrogen-bond donors (Lipinski definition) is 0. The van der Waals surface area contributed by atoms with Crippen molar-refractivity contribution in [1.82, 2.24) is 4.90 Å². The Morgan fingerprint density at radius 1 is 1.38 bits per heavy atom. The number of aryl methyl sites for hydroxylation is 1. The van der Waals surface area contributed by atoms with Gasteiger partial charge < -0.3 is 4.90 Å². The quantitative estimate of drug-likeness (QED) is 0.692. The summed E-state index contributed by atoms with van der Waals surface area (Å²) in [7, 11) is 2.03. The van der Waals surface area contributed by atoms with E-state index in [1.807, 2.05) is 20.0 Å². The highest BCUT2D eigenvalue weighted by Crippen LogP contribution is 2.11. The van der Waals surface area contributed by atoms with Crippen molar-refractivity contribution < 1.29 is 4.39 Å². The van der Waals surface area contributed by atoms with E-state index >= 15 is 0 Å². The topological polar surface area (TPSA) is 3.24 Å². The van der Waals surface area contributed by atoms with Crippen LogP contribution in [0.5, 0.6) is 0 Å².